The maximum atomic E-state index is 12.7. The van der Waals surface area contributed by atoms with Gasteiger partial charge < -0.3 is 20.2 Å². The second-order valence-corrected chi connectivity index (χ2v) is 5.77. The second kappa shape index (κ2) is 6.78. The molecule has 2 aliphatic heterocycles. The van der Waals surface area contributed by atoms with E-state index in [9.17, 15) is 14.4 Å². The number of carbonyl (C=O) groups excluding carboxylic acids is 2. The highest BCUT2D eigenvalue weighted by atomic mass is 16.4. The van der Waals surface area contributed by atoms with E-state index in [1.807, 2.05) is 6.92 Å². The number of aliphatic carboxylic acids is 1. The van der Waals surface area contributed by atoms with Crippen molar-refractivity contribution in [2.75, 3.05) is 19.6 Å². The summed E-state index contributed by atoms with van der Waals surface area (Å²) in [6.07, 6.45) is 3.77. The lowest BCUT2D eigenvalue weighted by atomic mass is 10.1. The Kier molecular flexibility index (Phi) is 5.03. The third-order valence-corrected chi connectivity index (χ3v) is 4.24. The number of carbonyl (C=O) groups is 3. The van der Waals surface area contributed by atoms with Crippen LogP contribution in [0.25, 0.3) is 0 Å². The molecule has 0 aromatic carbocycles. The van der Waals surface area contributed by atoms with Crippen LogP contribution in [0.2, 0.25) is 0 Å². The van der Waals surface area contributed by atoms with Gasteiger partial charge in [0.25, 0.3) is 0 Å². The van der Waals surface area contributed by atoms with E-state index in [0.29, 0.717) is 19.6 Å². The van der Waals surface area contributed by atoms with Crippen LogP contribution in [-0.2, 0) is 9.59 Å². The molecule has 2 unspecified atom stereocenters. The summed E-state index contributed by atoms with van der Waals surface area (Å²) in [4.78, 5) is 38.8. The van der Waals surface area contributed by atoms with Gasteiger partial charge in [-0.3, -0.25) is 9.59 Å². The fourth-order valence-corrected chi connectivity index (χ4v) is 3.04. The first-order chi connectivity index (χ1) is 10.0. The van der Waals surface area contributed by atoms with Gasteiger partial charge in [0.1, 0.15) is 6.04 Å². The molecule has 2 aliphatic rings. The maximum absolute atomic E-state index is 12.7. The van der Waals surface area contributed by atoms with Crippen LogP contribution in [0.5, 0.6) is 0 Å². The molecule has 7 nitrogen and oxygen atoms in total. The summed E-state index contributed by atoms with van der Waals surface area (Å²) in [6.45, 7) is 3.44. The first-order valence-corrected chi connectivity index (χ1v) is 7.57. The van der Waals surface area contributed by atoms with E-state index < -0.39 is 12.0 Å². The van der Waals surface area contributed by atoms with Gasteiger partial charge in [0.15, 0.2) is 0 Å². The number of carboxylic acids is 1. The highest BCUT2D eigenvalue weighted by molar-refractivity contribution is 5.91. The number of hydrogen-bond donors (Lipinski definition) is 2. The minimum absolute atomic E-state index is 0.135. The number of carboxylic acid groups (broad SMARTS) is 1. The van der Waals surface area contributed by atoms with Crippen molar-refractivity contribution in [3.05, 3.63) is 0 Å². The fraction of sp³-hybridized carbons (Fsp3) is 0.786. The van der Waals surface area contributed by atoms with Crippen LogP contribution < -0.4 is 5.32 Å². The third-order valence-electron chi connectivity index (χ3n) is 4.24. The van der Waals surface area contributed by atoms with Crippen LogP contribution in [0.1, 0.15) is 39.0 Å². The largest absolute Gasteiger partial charge is 0.481 e. The molecule has 2 saturated heterocycles. The summed E-state index contributed by atoms with van der Waals surface area (Å²) >= 11 is 0. The Morgan fingerprint density at radius 1 is 1.24 bits per heavy atom. The normalized spacial score (nSPS) is 27.0. The first kappa shape index (κ1) is 15.6. The summed E-state index contributed by atoms with van der Waals surface area (Å²) in [5.74, 6) is -1.45. The number of urea groups is 1. The van der Waals surface area contributed by atoms with Crippen LogP contribution >= 0.6 is 0 Å². The number of likely N-dealkylation sites (tertiary alicyclic amines) is 1. The van der Waals surface area contributed by atoms with E-state index in [0.717, 1.165) is 25.7 Å². The SMILES string of the molecule is CC1CCCCCN1C(=O)N1CCNC(=O)C1CC(=O)O. The Balaban J connectivity index is 2.13. The lowest BCUT2D eigenvalue weighted by Gasteiger charge is -2.39. The molecule has 0 aromatic rings. The quantitative estimate of drug-likeness (QED) is 0.783. The Hall–Kier alpha value is -1.79. The first-order valence-electron chi connectivity index (χ1n) is 7.57. The van der Waals surface area contributed by atoms with Gasteiger partial charge >= 0.3 is 12.0 Å². The van der Waals surface area contributed by atoms with Crippen LogP contribution in [0, 0.1) is 0 Å². The number of piperazine rings is 1. The standard InChI is InChI=1S/C14H23N3O4/c1-10-5-3-2-4-7-16(10)14(21)17-8-6-15-13(20)11(17)9-12(18)19/h10-11H,2-9H2,1H3,(H,15,20)(H,18,19). The molecular weight excluding hydrogens is 274 g/mol. The van der Waals surface area contributed by atoms with Gasteiger partial charge in [-0.25, -0.2) is 4.79 Å². The molecule has 118 valence electrons. The summed E-state index contributed by atoms with van der Waals surface area (Å²) in [6, 6.07) is -0.972. The molecule has 0 saturated carbocycles. The molecule has 2 N–H and O–H groups in total. The molecule has 0 spiro atoms. The molecule has 21 heavy (non-hydrogen) atoms. The summed E-state index contributed by atoms with van der Waals surface area (Å²) in [5.41, 5.74) is 0. The minimum atomic E-state index is -1.07. The average molecular weight is 297 g/mol. The molecule has 2 heterocycles. The highest BCUT2D eigenvalue weighted by Gasteiger charge is 2.37. The fourth-order valence-electron chi connectivity index (χ4n) is 3.04. The number of nitrogens with zero attached hydrogens (tertiary/aromatic N) is 2. The zero-order valence-corrected chi connectivity index (χ0v) is 12.4. The van der Waals surface area contributed by atoms with Gasteiger partial charge in [-0.15, -0.1) is 0 Å². The van der Waals surface area contributed by atoms with E-state index in [1.54, 1.807) is 4.90 Å². The second-order valence-electron chi connectivity index (χ2n) is 5.77. The monoisotopic (exact) mass is 297 g/mol. The van der Waals surface area contributed by atoms with Gasteiger partial charge in [-0.1, -0.05) is 12.8 Å². The van der Waals surface area contributed by atoms with Crippen LogP contribution in [0.3, 0.4) is 0 Å². The van der Waals surface area contributed by atoms with Crippen molar-refractivity contribution >= 4 is 17.9 Å². The topological polar surface area (TPSA) is 90.0 Å². The molecule has 0 radical (unpaired) electrons. The van der Waals surface area contributed by atoms with Gasteiger partial charge in [-0.2, -0.15) is 0 Å². The van der Waals surface area contributed by atoms with E-state index >= 15 is 0 Å². The zero-order valence-electron chi connectivity index (χ0n) is 12.4. The molecule has 0 bridgehead atoms. The minimum Gasteiger partial charge on any atom is -0.481 e. The van der Waals surface area contributed by atoms with E-state index in [2.05, 4.69) is 5.32 Å². The van der Waals surface area contributed by atoms with Crippen molar-refractivity contribution in [1.29, 1.82) is 0 Å². The van der Waals surface area contributed by atoms with Crippen molar-refractivity contribution in [3.8, 4) is 0 Å². The van der Waals surface area contributed by atoms with Crippen molar-refractivity contribution in [1.82, 2.24) is 15.1 Å². The zero-order chi connectivity index (χ0) is 15.4. The average Bonchev–Trinajstić information content (AvgIpc) is 2.64. The lowest BCUT2D eigenvalue weighted by molar-refractivity contribution is -0.142. The molecule has 0 aliphatic carbocycles. The molecule has 0 aromatic heterocycles. The van der Waals surface area contributed by atoms with E-state index in [1.165, 1.54) is 4.90 Å². The molecule has 3 amide bonds. The van der Waals surface area contributed by atoms with Gasteiger partial charge in [-0.05, 0) is 19.8 Å². The van der Waals surface area contributed by atoms with E-state index in [-0.39, 0.29) is 24.4 Å². The molecular formula is C14H23N3O4. The Morgan fingerprint density at radius 2 is 2.00 bits per heavy atom. The van der Waals surface area contributed by atoms with Crippen LogP contribution in [-0.4, -0.2) is 64.5 Å². The molecule has 2 fully saturated rings. The van der Waals surface area contributed by atoms with Crippen molar-refractivity contribution < 1.29 is 19.5 Å². The number of amides is 3. The predicted octanol–water partition coefficient (Wildman–Crippen LogP) is 0.646. The van der Waals surface area contributed by atoms with E-state index in [4.69, 9.17) is 5.11 Å². The lowest BCUT2D eigenvalue weighted by Crippen LogP contribution is -2.61. The molecule has 7 heteroatoms. The number of hydrogen-bond acceptors (Lipinski definition) is 3. The Bertz CT molecular complexity index is 426. The summed E-state index contributed by atoms with van der Waals surface area (Å²) in [5, 5.41) is 11.6. The number of rotatable bonds is 2. The summed E-state index contributed by atoms with van der Waals surface area (Å²) in [7, 11) is 0. The number of nitrogens with one attached hydrogen (secondary N) is 1. The van der Waals surface area contributed by atoms with Crippen molar-refractivity contribution in [3.63, 3.8) is 0 Å². The van der Waals surface area contributed by atoms with Crippen molar-refractivity contribution in [2.24, 2.45) is 0 Å². The predicted molar refractivity (Wildman–Crippen MR) is 75.8 cm³/mol. The molecule has 2 rings (SSSR count). The smallest absolute Gasteiger partial charge is 0.321 e. The third kappa shape index (κ3) is 3.65. The molecule has 2 atom stereocenters. The summed E-state index contributed by atoms with van der Waals surface area (Å²) < 4.78 is 0. The van der Waals surface area contributed by atoms with Gasteiger partial charge in [0, 0.05) is 25.7 Å². The van der Waals surface area contributed by atoms with Crippen LogP contribution in [0.4, 0.5) is 4.79 Å². The maximum Gasteiger partial charge on any atom is 0.321 e. The van der Waals surface area contributed by atoms with Gasteiger partial charge in [0.2, 0.25) is 5.91 Å². The van der Waals surface area contributed by atoms with Crippen molar-refractivity contribution in [2.45, 2.75) is 51.1 Å². The van der Waals surface area contributed by atoms with Gasteiger partial charge in [0.05, 0.1) is 6.42 Å². The Labute approximate surface area is 124 Å². The Morgan fingerprint density at radius 3 is 2.71 bits per heavy atom. The highest BCUT2D eigenvalue weighted by Crippen LogP contribution is 2.20. The van der Waals surface area contributed by atoms with Crippen LogP contribution in [0.15, 0.2) is 0 Å².